The van der Waals surface area contributed by atoms with Crippen LogP contribution in [0, 0.1) is 0 Å². The molecular formula is C50H40BN2OS. The van der Waals surface area contributed by atoms with Gasteiger partial charge in [0.1, 0.15) is 11.2 Å². The lowest BCUT2D eigenvalue weighted by atomic mass is 9.59. The molecule has 0 aliphatic carbocycles. The molecule has 5 heteroatoms. The van der Waals surface area contributed by atoms with Crippen molar-refractivity contribution in [2.24, 2.45) is 0 Å². The minimum atomic E-state index is -0.0189. The molecule has 1 radical (unpaired) electrons. The van der Waals surface area contributed by atoms with E-state index >= 15 is 0 Å². The number of furan rings is 1. The molecule has 0 fully saturated rings. The van der Waals surface area contributed by atoms with E-state index in [1.807, 2.05) is 11.3 Å². The van der Waals surface area contributed by atoms with Crippen LogP contribution in [0.2, 0.25) is 0 Å². The average Bonchev–Trinajstić information content (AvgIpc) is 3.84. The van der Waals surface area contributed by atoms with E-state index in [9.17, 15) is 0 Å². The Hall–Kier alpha value is -5.78. The number of hydrogen-bond acceptors (Lipinski definition) is 3. The highest BCUT2D eigenvalue weighted by Crippen LogP contribution is 2.45. The minimum absolute atomic E-state index is 0.0189. The summed E-state index contributed by atoms with van der Waals surface area (Å²) in [6.45, 7) is 13.7. The zero-order valence-electron chi connectivity index (χ0n) is 32.0. The Labute approximate surface area is 325 Å². The third kappa shape index (κ3) is 4.89. The quantitative estimate of drug-likeness (QED) is 0.184. The monoisotopic (exact) mass is 727 g/mol. The number of para-hydroxylation sites is 1. The Morgan fingerprint density at radius 3 is 2.13 bits per heavy atom. The second kappa shape index (κ2) is 11.4. The number of benzene rings is 7. The first-order valence-corrected chi connectivity index (χ1v) is 20.1. The van der Waals surface area contributed by atoms with Gasteiger partial charge in [-0.15, -0.1) is 11.3 Å². The molecule has 3 nitrogen and oxygen atoms in total. The van der Waals surface area contributed by atoms with Gasteiger partial charge >= 0.3 is 0 Å². The van der Waals surface area contributed by atoms with Crippen molar-refractivity contribution in [3.05, 3.63) is 139 Å². The van der Waals surface area contributed by atoms with Gasteiger partial charge in [-0.05, 0) is 93.6 Å². The van der Waals surface area contributed by atoms with E-state index in [0.29, 0.717) is 0 Å². The molecule has 1 aliphatic heterocycles. The summed E-state index contributed by atoms with van der Waals surface area (Å²) in [6.07, 6.45) is 0. The highest BCUT2D eigenvalue weighted by Gasteiger charge is 2.29. The number of rotatable bonds is 3. The van der Waals surface area contributed by atoms with Gasteiger partial charge in [-0.3, -0.25) is 0 Å². The van der Waals surface area contributed by atoms with Crippen LogP contribution in [0.1, 0.15) is 52.7 Å². The van der Waals surface area contributed by atoms with Crippen LogP contribution in [0.25, 0.3) is 80.7 Å². The first-order chi connectivity index (χ1) is 26.5. The molecule has 3 aromatic heterocycles. The molecule has 10 aromatic rings. The van der Waals surface area contributed by atoms with Gasteiger partial charge in [-0.25, -0.2) is 0 Å². The summed E-state index contributed by atoms with van der Waals surface area (Å²) in [5, 5.41) is 11.3. The highest BCUT2D eigenvalue weighted by molar-refractivity contribution is 7.26. The lowest BCUT2D eigenvalue weighted by molar-refractivity contribution is 0.590. The lowest BCUT2D eigenvalue weighted by Gasteiger charge is -2.26. The van der Waals surface area contributed by atoms with Crippen LogP contribution in [-0.4, -0.2) is 11.8 Å². The molecule has 0 unspecified atom stereocenters. The van der Waals surface area contributed by atoms with E-state index in [1.54, 1.807) is 0 Å². The van der Waals surface area contributed by atoms with Crippen molar-refractivity contribution in [3.8, 4) is 16.8 Å². The Morgan fingerprint density at radius 1 is 0.582 bits per heavy atom. The summed E-state index contributed by atoms with van der Waals surface area (Å²) in [5.74, 6) is 0. The Morgan fingerprint density at radius 2 is 1.33 bits per heavy atom. The molecule has 1 N–H and O–H groups in total. The molecule has 0 saturated heterocycles. The fraction of sp³-hybridized carbons (Fsp3) is 0.160. The molecule has 55 heavy (non-hydrogen) atoms. The van der Waals surface area contributed by atoms with Gasteiger partial charge in [0.2, 0.25) is 0 Å². The zero-order chi connectivity index (χ0) is 37.4. The first-order valence-electron chi connectivity index (χ1n) is 19.3. The molecule has 0 bridgehead atoms. The molecule has 265 valence electrons. The summed E-state index contributed by atoms with van der Waals surface area (Å²) in [6, 6.07) is 47.2. The Balaban J connectivity index is 1.22. The summed E-state index contributed by atoms with van der Waals surface area (Å²) in [4.78, 5) is 0. The first kappa shape index (κ1) is 32.6. The summed E-state index contributed by atoms with van der Waals surface area (Å²) in [5.41, 5.74) is 15.2. The summed E-state index contributed by atoms with van der Waals surface area (Å²) < 4.78 is 11.6. The van der Waals surface area contributed by atoms with E-state index in [2.05, 4.69) is 186 Å². The van der Waals surface area contributed by atoms with Crippen LogP contribution >= 0.6 is 11.3 Å². The minimum Gasteiger partial charge on any atom is -0.456 e. The highest BCUT2D eigenvalue weighted by atomic mass is 32.1. The standard InChI is InChI=1S/C50H40BN2OS/c1-49(2,3)28-15-18-30(19-16-28)52-38-22-17-29(50(4,5)6)25-35(38)32-20-21-34-45-39(23-24-42-46(45)33-12-7-9-13-41(33)54-42)53-40-26-36-31-11-8-10-14-43(31)55-44(36)27-37(40)51-47(32)48(34)53/h7-27,52H,1-6H3. The number of anilines is 2. The van der Waals surface area contributed by atoms with E-state index in [0.717, 1.165) is 27.9 Å². The van der Waals surface area contributed by atoms with E-state index in [4.69, 9.17) is 4.42 Å². The van der Waals surface area contributed by atoms with Gasteiger partial charge in [0.25, 0.3) is 0 Å². The van der Waals surface area contributed by atoms with Crippen molar-refractivity contribution in [1.82, 2.24) is 4.57 Å². The van der Waals surface area contributed by atoms with Crippen LogP contribution < -0.4 is 16.2 Å². The van der Waals surface area contributed by atoms with E-state index < -0.39 is 0 Å². The van der Waals surface area contributed by atoms with Gasteiger partial charge in [0.05, 0.1) is 5.52 Å². The SMILES string of the molecule is CC(C)(C)c1ccc(Nc2ccc(C(C)(C)C)cc2-c2ccc3c4c5c(ccc4n4c3c2[B]c2cc3sc6ccccc6c3cc2-4)oc2ccccc25)cc1. The second-order valence-corrected chi connectivity index (χ2v) is 18.4. The number of nitrogens with zero attached hydrogens (tertiary/aromatic N) is 1. The Kier molecular flexibility index (Phi) is 6.75. The normalized spacial score (nSPS) is 13.1. The maximum absolute atomic E-state index is 6.48. The molecular weight excluding hydrogens is 687 g/mol. The van der Waals surface area contributed by atoms with Crippen molar-refractivity contribution in [3.63, 3.8) is 0 Å². The number of thiophene rings is 1. The third-order valence-corrected chi connectivity index (χ3v) is 12.9. The number of nitrogens with one attached hydrogen (secondary N) is 1. The molecule has 7 aromatic carbocycles. The van der Waals surface area contributed by atoms with Gasteiger partial charge < -0.3 is 14.3 Å². The molecule has 1 aliphatic rings. The molecule has 11 rings (SSSR count). The van der Waals surface area contributed by atoms with Crippen molar-refractivity contribution < 1.29 is 4.42 Å². The summed E-state index contributed by atoms with van der Waals surface area (Å²) >= 11 is 1.88. The van der Waals surface area contributed by atoms with Crippen LogP contribution in [0.4, 0.5) is 11.4 Å². The molecule has 0 saturated carbocycles. The predicted molar refractivity (Wildman–Crippen MR) is 239 cm³/mol. The topological polar surface area (TPSA) is 30.1 Å². The molecule has 0 atom stereocenters. The number of fused-ring (bicyclic) bond motifs is 12. The van der Waals surface area contributed by atoms with Gasteiger partial charge in [0.15, 0.2) is 7.28 Å². The van der Waals surface area contributed by atoms with Crippen LogP contribution in [0.5, 0.6) is 0 Å². The second-order valence-electron chi connectivity index (χ2n) is 17.3. The van der Waals surface area contributed by atoms with Crippen molar-refractivity contribution >= 4 is 105 Å². The number of hydrogen-bond donors (Lipinski definition) is 1. The number of aromatic nitrogens is 1. The van der Waals surface area contributed by atoms with Crippen LogP contribution in [0.3, 0.4) is 0 Å². The van der Waals surface area contributed by atoms with Gasteiger partial charge in [-0.1, -0.05) is 114 Å². The maximum Gasteiger partial charge on any atom is 0.197 e. The van der Waals surface area contributed by atoms with Crippen molar-refractivity contribution in [1.29, 1.82) is 0 Å². The predicted octanol–water partition coefficient (Wildman–Crippen LogP) is 13.0. The smallest absolute Gasteiger partial charge is 0.197 e. The molecule has 4 heterocycles. The maximum atomic E-state index is 6.48. The largest absolute Gasteiger partial charge is 0.456 e. The zero-order valence-corrected chi connectivity index (χ0v) is 32.8. The van der Waals surface area contributed by atoms with Crippen LogP contribution in [0.15, 0.2) is 132 Å². The molecule has 0 amide bonds. The molecule has 0 spiro atoms. The van der Waals surface area contributed by atoms with Crippen molar-refractivity contribution in [2.45, 2.75) is 52.4 Å². The Bertz CT molecular complexity index is 3220. The fourth-order valence-electron chi connectivity index (χ4n) is 8.86. The lowest BCUT2D eigenvalue weighted by Crippen LogP contribution is -2.37. The van der Waals surface area contributed by atoms with E-state index in [1.165, 1.54) is 86.2 Å². The third-order valence-electron chi connectivity index (χ3n) is 11.7. The van der Waals surface area contributed by atoms with Crippen LogP contribution in [-0.2, 0) is 10.8 Å². The van der Waals surface area contributed by atoms with E-state index in [-0.39, 0.29) is 10.8 Å². The van der Waals surface area contributed by atoms with Crippen molar-refractivity contribution in [2.75, 3.05) is 5.32 Å². The summed E-state index contributed by atoms with van der Waals surface area (Å²) in [7, 11) is 2.45. The van der Waals surface area contributed by atoms with Gasteiger partial charge in [0, 0.05) is 69.9 Å². The average molecular weight is 728 g/mol. The fourth-order valence-corrected chi connectivity index (χ4v) is 10.00. The van der Waals surface area contributed by atoms with Gasteiger partial charge in [-0.2, -0.15) is 0 Å².